The van der Waals surface area contributed by atoms with Crippen LogP contribution in [0.15, 0.2) is 24.3 Å². The Bertz CT molecular complexity index is 531. The van der Waals surface area contributed by atoms with Crippen molar-refractivity contribution >= 4 is 11.8 Å². The number of hydrogen-bond acceptors (Lipinski definition) is 3. The number of carbonyl (C=O) groups is 2. The van der Waals surface area contributed by atoms with E-state index < -0.39 is 0 Å². The summed E-state index contributed by atoms with van der Waals surface area (Å²) in [6, 6.07) is 6.18. The molecule has 22 heavy (non-hydrogen) atoms. The summed E-state index contributed by atoms with van der Waals surface area (Å²) in [4.78, 5) is 27.2. The summed E-state index contributed by atoms with van der Waals surface area (Å²) in [7, 11) is 3.66. The molecule has 0 radical (unpaired) electrons. The highest BCUT2D eigenvalue weighted by molar-refractivity contribution is 5.83. The van der Waals surface area contributed by atoms with Gasteiger partial charge in [-0.2, -0.15) is 0 Å². The first-order valence-electron chi connectivity index (χ1n) is 7.40. The highest BCUT2D eigenvalue weighted by atomic mass is 19.1. The van der Waals surface area contributed by atoms with Gasteiger partial charge in [-0.05, 0) is 38.2 Å². The molecule has 1 heterocycles. The Morgan fingerprint density at radius 1 is 1.36 bits per heavy atom. The van der Waals surface area contributed by atoms with E-state index in [1.807, 2.05) is 14.1 Å². The number of hydrogen-bond donors (Lipinski definition) is 1. The maximum absolute atomic E-state index is 12.8. The van der Waals surface area contributed by atoms with E-state index in [0.717, 1.165) is 5.56 Å². The number of likely N-dealkylation sites (N-methyl/N-ethyl adjacent to an activating group) is 1. The van der Waals surface area contributed by atoms with Crippen molar-refractivity contribution in [3.63, 3.8) is 0 Å². The molecule has 1 N–H and O–H groups in total. The molecule has 1 fully saturated rings. The van der Waals surface area contributed by atoms with Gasteiger partial charge in [0.1, 0.15) is 5.82 Å². The lowest BCUT2D eigenvalue weighted by Gasteiger charge is -2.18. The van der Waals surface area contributed by atoms with Crippen LogP contribution in [0.1, 0.15) is 12.0 Å². The van der Waals surface area contributed by atoms with Crippen LogP contribution in [0.3, 0.4) is 0 Å². The van der Waals surface area contributed by atoms with Crippen LogP contribution in [0.5, 0.6) is 0 Å². The minimum atomic E-state index is -0.260. The Labute approximate surface area is 130 Å². The van der Waals surface area contributed by atoms with Crippen molar-refractivity contribution in [1.82, 2.24) is 15.1 Å². The molecule has 0 saturated carbocycles. The van der Waals surface area contributed by atoms with E-state index in [9.17, 15) is 14.0 Å². The average molecular weight is 307 g/mol. The van der Waals surface area contributed by atoms with E-state index in [4.69, 9.17) is 0 Å². The maximum Gasteiger partial charge on any atom is 0.234 e. The minimum absolute atomic E-state index is 0.0530. The Morgan fingerprint density at radius 3 is 2.68 bits per heavy atom. The van der Waals surface area contributed by atoms with Gasteiger partial charge in [0, 0.05) is 19.5 Å². The summed E-state index contributed by atoms with van der Waals surface area (Å²) in [5, 5.41) is 2.88. The normalized spacial score (nSPS) is 18.1. The molecular formula is C16H22FN3O2. The lowest BCUT2D eigenvalue weighted by molar-refractivity contribution is -0.127. The van der Waals surface area contributed by atoms with Gasteiger partial charge in [-0.25, -0.2) is 4.39 Å². The van der Waals surface area contributed by atoms with Crippen molar-refractivity contribution in [3.8, 4) is 0 Å². The van der Waals surface area contributed by atoms with Gasteiger partial charge in [0.05, 0.1) is 12.6 Å². The van der Waals surface area contributed by atoms with Crippen LogP contribution >= 0.6 is 0 Å². The molecule has 1 aromatic rings. The third kappa shape index (κ3) is 4.80. The SMILES string of the molecule is CN(C)CC(=O)N[C@@H]1CC(=O)N(CCc2ccc(F)cc2)C1. The molecule has 1 atom stereocenters. The van der Waals surface area contributed by atoms with Gasteiger partial charge in [-0.15, -0.1) is 0 Å². The van der Waals surface area contributed by atoms with Gasteiger partial charge in [-0.1, -0.05) is 12.1 Å². The first-order valence-corrected chi connectivity index (χ1v) is 7.40. The molecule has 0 spiro atoms. The van der Waals surface area contributed by atoms with E-state index in [1.165, 1.54) is 12.1 Å². The zero-order chi connectivity index (χ0) is 16.1. The lowest BCUT2D eigenvalue weighted by atomic mass is 10.1. The Balaban J connectivity index is 1.79. The smallest absolute Gasteiger partial charge is 0.234 e. The molecule has 5 nitrogen and oxygen atoms in total. The van der Waals surface area contributed by atoms with E-state index in [0.29, 0.717) is 32.5 Å². The quantitative estimate of drug-likeness (QED) is 0.839. The second-order valence-corrected chi connectivity index (χ2v) is 5.92. The van der Waals surface area contributed by atoms with Crippen LogP contribution in [-0.4, -0.2) is 61.4 Å². The number of amides is 2. The van der Waals surface area contributed by atoms with E-state index in [2.05, 4.69) is 5.32 Å². The van der Waals surface area contributed by atoms with Crippen LogP contribution < -0.4 is 5.32 Å². The van der Waals surface area contributed by atoms with Crippen molar-refractivity contribution in [2.75, 3.05) is 33.7 Å². The molecule has 0 unspecified atom stereocenters. The van der Waals surface area contributed by atoms with Crippen LogP contribution in [0.25, 0.3) is 0 Å². The molecule has 120 valence electrons. The number of nitrogens with zero attached hydrogens (tertiary/aromatic N) is 2. The second-order valence-electron chi connectivity index (χ2n) is 5.92. The van der Waals surface area contributed by atoms with Gasteiger partial charge in [-0.3, -0.25) is 9.59 Å². The van der Waals surface area contributed by atoms with Gasteiger partial charge >= 0.3 is 0 Å². The summed E-state index contributed by atoms with van der Waals surface area (Å²) in [6.07, 6.45) is 1.03. The minimum Gasteiger partial charge on any atom is -0.350 e. The second kappa shape index (κ2) is 7.35. The molecular weight excluding hydrogens is 285 g/mol. The van der Waals surface area contributed by atoms with Gasteiger partial charge in [0.15, 0.2) is 0 Å². The van der Waals surface area contributed by atoms with Gasteiger partial charge in [0.25, 0.3) is 0 Å². The zero-order valence-electron chi connectivity index (χ0n) is 13.0. The summed E-state index contributed by atoms with van der Waals surface area (Å²) < 4.78 is 12.8. The summed E-state index contributed by atoms with van der Waals surface area (Å²) in [6.45, 7) is 1.45. The zero-order valence-corrected chi connectivity index (χ0v) is 13.0. The topological polar surface area (TPSA) is 52.7 Å². The molecule has 0 aromatic heterocycles. The molecule has 6 heteroatoms. The van der Waals surface area contributed by atoms with Crippen molar-refractivity contribution in [1.29, 1.82) is 0 Å². The number of likely N-dealkylation sites (tertiary alicyclic amines) is 1. The lowest BCUT2D eigenvalue weighted by Crippen LogP contribution is -2.41. The molecule has 1 aliphatic rings. The molecule has 0 bridgehead atoms. The van der Waals surface area contributed by atoms with E-state index in [-0.39, 0.29) is 23.7 Å². The number of nitrogens with one attached hydrogen (secondary N) is 1. The highest BCUT2D eigenvalue weighted by Gasteiger charge is 2.30. The Kier molecular flexibility index (Phi) is 5.49. The first kappa shape index (κ1) is 16.4. The third-order valence-corrected chi connectivity index (χ3v) is 3.62. The van der Waals surface area contributed by atoms with E-state index in [1.54, 1.807) is 21.9 Å². The standard InChI is InChI=1S/C16H22FN3O2/c1-19(2)11-15(21)18-14-9-16(22)20(10-14)8-7-12-3-5-13(17)6-4-12/h3-6,14H,7-11H2,1-2H3,(H,18,21)/t14-/m1/s1. The van der Waals surface area contributed by atoms with Gasteiger partial charge < -0.3 is 15.1 Å². The van der Waals surface area contributed by atoms with Gasteiger partial charge in [0.2, 0.25) is 11.8 Å². The van der Waals surface area contributed by atoms with Crippen LogP contribution in [0.2, 0.25) is 0 Å². The molecule has 2 amide bonds. The predicted octanol–water partition coefficient (Wildman–Crippen LogP) is 0.647. The third-order valence-electron chi connectivity index (χ3n) is 3.62. The summed E-state index contributed by atoms with van der Waals surface area (Å²) in [5.74, 6) is -0.273. The Morgan fingerprint density at radius 2 is 2.05 bits per heavy atom. The number of carbonyl (C=O) groups excluding carboxylic acids is 2. The van der Waals surface area contributed by atoms with Crippen LogP contribution in [-0.2, 0) is 16.0 Å². The molecule has 1 aromatic carbocycles. The highest BCUT2D eigenvalue weighted by Crippen LogP contribution is 2.13. The molecule has 0 aliphatic carbocycles. The van der Waals surface area contributed by atoms with Crippen molar-refractivity contribution in [2.45, 2.75) is 18.9 Å². The average Bonchev–Trinajstić information content (AvgIpc) is 2.77. The maximum atomic E-state index is 12.8. The predicted molar refractivity (Wildman–Crippen MR) is 81.8 cm³/mol. The van der Waals surface area contributed by atoms with Crippen molar-refractivity contribution in [3.05, 3.63) is 35.6 Å². The van der Waals surface area contributed by atoms with E-state index >= 15 is 0 Å². The van der Waals surface area contributed by atoms with Crippen molar-refractivity contribution < 1.29 is 14.0 Å². The number of rotatable bonds is 6. The van der Waals surface area contributed by atoms with Crippen molar-refractivity contribution in [2.24, 2.45) is 0 Å². The number of halogens is 1. The fourth-order valence-electron chi connectivity index (χ4n) is 2.56. The molecule has 1 saturated heterocycles. The molecule has 2 rings (SSSR count). The summed E-state index contributed by atoms with van der Waals surface area (Å²) in [5.41, 5.74) is 0.995. The molecule has 1 aliphatic heterocycles. The number of benzene rings is 1. The fraction of sp³-hybridized carbons (Fsp3) is 0.500. The monoisotopic (exact) mass is 307 g/mol. The van der Waals surface area contributed by atoms with Crippen LogP contribution in [0.4, 0.5) is 4.39 Å². The Hall–Kier alpha value is -1.95. The van der Waals surface area contributed by atoms with Crippen LogP contribution in [0, 0.1) is 5.82 Å². The fourth-order valence-corrected chi connectivity index (χ4v) is 2.56. The largest absolute Gasteiger partial charge is 0.350 e. The summed E-state index contributed by atoms with van der Waals surface area (Å²) >= 11 is 0. The first-order chi connectivity index (χ1) is 10.4.